The minimum absolute atomic E-state index is 0.0152. The van der Waals surface area contributed by atoms with Crippen LogP contribution < -0.4 is 10.1 Å². The van der Waals surface area contributed by atoms with E-state index in [1.165, 1.54) is 24.5 Å². The summed E-state index contributed by atoms with van der Waals surface area (Å²) < 4.78 is 77.2. The summed E-state index contributed by atoms with van der Waals surface area (Å²) in [6.07, 6.45) is 3.97. The molecule has 0 unspecified atom stereocenters. The van der Waals surface area contributed by atoms with Crippen molar-refractivity contribution in [1.29, 1.82) is 0 Å². The number of rotatable bonds is 6. The van der Waals surface area contributed by atoms with E-state index < -0.39 is 40.6 Å². The average molecular weight is 544 g/mol. The van der Waals surface area contributed by atoms with Crippen molar-refractivity contribution >= 4 is 22.8 Å². The molecule has 5 rings (SSSR count). The van der Waals surface area contributed by atoms with Crippen molar-refractivity contribution in [3.8, 4) is 22.8 Å². The maximum absolute atomic E-state index is 15.4. The Kier molecular flexibility index (Phi) is 6.89. The third-order valence-electron chi connectivity index (χ3n) is 6.44. The van der Waals surface area contributed by atoms with Crippen LogP contribution in [0, 0.1) is 29.1 Å². The molecule has 0 saturated carbocycles. The lowest BCUT2D eigenvalue weighted by atomic mass is 10.1. The molecule has 1 saturated heterocycles. The number of hydrogen-bond acceptors (Lipinski definition) is 6. The van der Waals surface area contributed by atoms with E-state index in [2.05, 4.69) is 27.0 Å². The number of benzene rings is 2. The smallest absolute Gasteiger partial charge is 0.246 e. The van der Waals surface area contributed by atoms with E-state index in [0.717, 1.165) is 6.07 Å². The first-order valence-corrected chi connectivity index (χ1v) is 11.9. The van der Waals surface area contributed by atoms with Crippen molar-refractivity contribution in [2.45, 2.75) is 18.9 Å². The molecular weight excluding hydrogens is 523 g/mol. The predicted octanol–water partition coefficient (Wildman–Crippen LogP) is 5.37. The van der Waals surface area contributed by atoms with Gasteiger partial charge >= 0.3 is 0 Å². The van der Waals surface area contributed by atoms with Crippen LogP contribution in [0.25, 0.3) is 22.3 Å². The van der Waals surface area contributed by atoms with Gasteiger partial charge in [-0.2, -0.15) is 13.9 Å². The fraction of sp³-hybridized carbons (Fsp3) is 0.231. The second-order valence-electron chi connectivity index (χ2n) is 8.79. The molecule has 1 aliphatic rings. The van der Waals surface area contributed by atoms with E-state index in [1.54, 1.807) is 16.6 Å². The highest BCUT2D eigenvalue weighted by atomic mass is 19.2. The maximum Gasteiger partial charge on any atom is 0.246 e. The molecular formula is C26H21F5N6O2. The standard InChI is InChI=1S/C26H21F5N6O2/c1-3-19(38)36-8-4-5-13(11-36)37-26-20(25(32-2)33-12-34-26)23(35-37)15-7-6-14(9-16(15)27)39-24-21(30)17(28)10-18(29)22(24)31/h3,6-7,9-10,12-13H,1,4-5,8,11H2,2H3,(H,32,33,34)/t13-/m0/s1. The minimum Gasteiger partial charge on any atom is -0.451 e. The molecule has 4 aromatic rings. The van der Waals surface area contributed by atoms with Gasteiger partial charge in [-0.1, -0.05) is 6.58 Å². The van der Waals surface area contributed by atoms with Crippen molar-refractivity contribution in [2.75, 3.05) is 25.5 Å². The summed E-state index contributed by atoms with van der Waals surface area (Å²) in [7, 11) is 1.63. The zero-order valence-electron chi connectivity index (χ0n) is 20.5. The summed E-state index contributed by atoms with van der Waals surface area (Å²) in [4.78, 5) is 22.4. The summed E-state index contributed by atoms with van der Waals surface area (Å²) in [6.45, 7) is 4.45. The van der Waals surface area contributed by atoms with Gasteiger partial charge < -0.3 is 15.0 Å². The van der Waals surface area contributed by atoms with Gasteiger partial charge in [0.2, 0.25) is 23.3 Å². The maximum atomic E-state index is 15.4. The number of anilines is 1. The highest BCUT2D eigenvalue weighted by molar-refractivity contribution is 5.99. The Bertz CT molecular complexity index is 1580. The number of carbonyl (C=O) groups excluding carboxylic acids is 1. The summed E-state index contributed by atoms with van der Waals surface area (Å²) in [5, 5.41) is 7.99. The van der Waals surface area contributed by atoms with Crippen LogP contribution in [-0.4, -0.2) is 50.7 Å². The molecule has 0 radical (unpaired) electrons. The fourth-order valence-electron chi connectivity index (χ4n) is 4.60. The van der Waals surface area contributed by atoms with Gasteiger partial charge in [-0.05, 0) is 31.1 Å². The van der Waals surface area contributed by atoms with Crippen LogP contribution in [0.4, 0.5) is 27.8 Å². The number of carbonyl (C=O) groups is 1. The molecule has 0 aliphatic carbocycles. The van der Waals surface area contributed by atoms with Crippen molar-refractivity contribution in [3.05, 3.63) is 72.3 Å². The van der Waals surface area contributed by atoms with Crippen molar-refractivity contribution < 1.29 is 31.5 Å². The minimum atomic E-state index is -1.75. The monoisotopic (exact) mass is 544 g/mol. The van der Waals surface area contributed by atoms with E-state index in [0.29, 0.717) is 42.8 Å². The lowest BCUT2D eigenvalue weighted by Gasteiger charge is -2.32. The normalized spacial score (nSPS) is 15.4. The number of nitrogens with zero attached hydrogens (tertiary/aromatic N) is 5. The van der Waals surface area contributed by atoms with Gasteiger partial charge in [0, 0.05) is 37.8 Å². The van der Waals surface area contributed by atoms with Gasteiger partial charge in [-0.15, -0.1) is 0 Å². The van der Waals surface area contributed by atoms with E-state index in [4.69, 9.17) is 4.74 Å². The summed E-state index contributed by atoms with van der Waals surface area (Å²) in [5.41, 5.74) is 0.556. The molecule has 2 aromatic carbocycles. The van der Waals surface area contributed by atoms with E-state index >= 15 is 4.39 Å². The number of hydrogen-bond donors (Lipinski definition) is 1. The first kappa shape index (κ1) is 26.1. The van der Waals surface area contributed by atoms with Gasteiger partial charge in [0.15, 0.2) is 17.3 Å². The summed E-state index contributed by atoms with van der Waals surface area (Å²) in [6, 6.07) is 3.03. The van der Waals surface area contributed by atoms with Crippen LogP contribution in [0.2, 0.25) is 0 Å². The molecule has 1 aliphatic heterocycles. The lowest BCUT2D eigenvalue weighted by Crippen LogP contribution is -2.40. The van der Waals surface area contributed by atoms with E-state index in [-0.39, 0.29) is 29.3 Å². The molecule has 1 atom stereocenters. The number of amides is 1. The van der Waals surface area contributed by atoms with Crippen LogP contribution in [0.15, 0.2) is 43.2 Å². The molecule has 13 heteroatoms. The largest absolute Gasteiger partial charge is 0.451 e. The molecule has 202 valence electrons. The molecule has 8 nitrogen and oxygen atoms in total. The Labute approximate surface area is 218 Å². The van der Waals surface area contributed by atoms with E-state index in [9.17, 15) is 22.4 Å². The molecule has 2 aromatic heterocycles. The van der Waals surface area contributed by atoms with Crippen molar-refractivity contribution in [3.63, 3.8) is 0 Å². The van der Waals surface area contributed by atoms with Gasteiger partial charge in [-0.25, -0.2) is 27.8 Å². The zero-order valence-corrected chi connectivity index (χ0v) is 20.5. The highest BCUT2D eigenvalue weighted by Gasteiger charge is 2.29. The quantitative estimate of drug-likeness (QED) is 0.200. The lowest BCUT2D eigenvalue weighted by molar-refractivity contribution is -0.127. The van der Waals surface area contributed by atoms with Crippen LogP contribution in [-0.2, 0) is 4.79 Å². The van der Waals surface area contributed by atoms with Crippen LogP contribution in [0.3, 0.4) is 0 Å². The number of halogens is 5. The third-order valence-corrected chi connectivity index (χ3v) is 6.44. The fourth-order valence-corrected chi connectivity index (χ4v) is 4.60. The van der Waals surface area contributed by atoms with Gasteiger partial charge in [-0.3, -0.25) is 4.79 Å². The van der Waals surface area contributed by atoms with Crippen LogP contribution in [0.1, 0.15) is 18.9 Å². The molecule has 39 heavy (non-hydrogen) atoms. The Morgan fingerprint density at radius 2 is 1.85 bits per heavy atom. The molecule has 3 heterocycles. The molecule has 0 bridgehead atoms. The Morgan fingerprint density at radius 3 is 2.51 bits per heavy atom. The first-order chi connectivity index (χ1) is 18.7. The number of piperidine rings is 1. The van der Waals surface area contributed by atoms with Crippen LogP contribution in [0.5, 0.6) is 11.5 Å². The molecule has 1 amide bonds. The first-order valence-electron chi connectivity index (χ1n) is 11.9. The molecule has 0 spiro atoms. The Hall–Kier alpha value is -4.55. The zero-order chi connectivity index (χ0) is 27.8. The Balaban J connectivity index is 1.57. The Morgan fingerprint density at radius 1 is 1.10 bits per heavy atom. The number of ether oxygens (including phenoxy) is 1. The number of aromatic nitrogens is 4. The average Bonchev–Trinajstić information content (AvgIpc) is 3.33. The van der Waals surface area contributed by atoms with Gasteiger partial charge in [0.05, 0.1) is 11.4 Å². The number of fused-ring (bicyclic) bond motifs is 1. The predicted molar refractivity (Wildman–Crippen MR) is 132 cm³/mol. The molecule has 1 N–H and O–H groups in total. The summed E-state index contributed by atoms with van der Waals surface area (Å²) >= 11 is 0. The van der Waals surface area contributed by atoms with E-state index in [1.807, 2.05) is 0 Å². The third kappa shape index (κ3) is 4.64. The van der Waals surface area contributed by atoms with Gasteiger partial charge in [0.25, 0.3) is 0 Å². The SMILES string of the molecule is C=CC(=O)N1CCC[C@H](n2nc(-c3ccc(Oc4c(F)c(F)cc(F)c4F)cc3F)c3c(NC)ncnc32)C1. The van der Waals surface area contributed by atoms with Crippen molar-refractivity contribution in [2.24, 2.45) is 0 Å². The second kappa shape index (κ2) is 10.3. The van der Waals surface area contributed by atoms with Crippen LogP contribution >= 0.6 is 0 Å². The number of nitrogens with one attached hydrogen (secondary N) is 1. The molecule has 1 fully saturated rings. The topological polar surface area (TPSA) is 85.2 Å². The summed E-state index contributed by atoms with van der Waals surface area (Å²) in [5.74, 6) is -9.30. The van der Waals surface area contributed by atoms with Gasteiger partial charge in [0.1, 0.15) is 29.4 Å². The highest BCUT2D eigenvalue weighted by Crippen LogP contribution is 2.38. The van der Waals surface area contributed by atoms with Crippen molar-refractivity contribution in [1.82, 2.24) is 24.6 Å². The number of likely N-dealkylation sites (tertiary alicyclic amines) is 1. The second-order valence-corrected chi connectivity index (χ2v) is 8.79.